The molecular formula is C18H20N4O2. The zero-order valence-electron chi connectivity index (χ0n) is 13.4. The topological polar surface area (TPSA) is 76.9 Å². The van der Waals surface area contributed by atoms with E-state index in [0.29, 0.717) is 11.6 Å². The summed E-state index contributed by atoms with van der Waals surface area (Å²) in [5.74, 6) is 0.478. The van der Waals surface area contributed by atoms with Gasteiger partial charge < -0.3 is 9.88 Å². The number of nitrogens with zero attached hydrogens (tertiary/aromatic N) is 3. The Bertz CT molecular complexity index is 812. The Kier molecular flexibility index (Phi) is 3.88. The van der Waals surface area contributed by atoms with Crippen LogP contribution in [0.15, 0.2) is 35.5 Å². The highest BCUT2D eigenvalue weighted by atomic mass is 16.2. The highest BCUT2D eigenvalue weighted by molar-refractivity contribution is 5.92. The quantitative estimate of drug-likeness (QED) is 0.920. The second-order valence-corrected chi connectivity index (χ2v) is 6.70. The van der Waals surface area contributed by atoms with Crippen LogP contribution in [-0.4, -0.2) is 26.5 Å². The van der Waals surface area contributed by atoms with Gasteiger partial charge in [0, 0.05) is 36.7 Å². The van der Waals surface area contributed by atoms with Crippen molar-refractivity contribution in [1.29, 1.82) is 0 Å². The van der Waals surface area contributed by atoms with Gasteiger partial charge in [0.15, 0.2) is 0 Å². The molecule has 0 radical (unpaired) electrons. The third-order valence-corrected chi connectivity index (χ3v) is 4.85. The molecule has 1 amide bonds. The van der Waals surface area contributed by atoms with Gasteiger partial charge in [-0.25, -0.2) is 4.98 Å². The minimum atomic E-state index is -0.192. The lowest BCUT2D eigenvalue weighted by Crippen LogP contribution is -2.41. The van der Waals surface area contributed by atoms with Crippen molar-refractivity contribution < 1.29 is 4.79 Å². The van der Waals surface area contributed by atoms with Gasteiger partial charge in [-0.3, -0.25) is 14.6 Å². The fraction of sp³-hybridized carbons (Fsp3) is 0.444. The largest absolute Gasteiger partial charge is 0.348 e. The van der Waals surface area contributed by atoms with E-state index in [2.05, 4.69) is 15.3 Å². The molecular weight excluding hydrogens is 304 g/mol. The first kappa shape index (κ1) is 15.1. The van der Waals surface area contributed by atoms with Crippen LogP contribution in [0.3, 0.4) is 0 Å². The molecule has 6 nitrogen and oxygen atoms in total. The van der Waals surface area contributed by atoms with Gasteiger partial charge in [-0.2, -0.15) is 0 Å². The van der Waals surface area contributed by atoms with Gasteiger partial charge in [0.05, 0.1) is 6.20 Å². The number of carbonyl (C=O) groups excluding carboxylic acids is 1. The summed E-state index contributed by atoms with van der Waals surface area (Å²) in [7, 11) is 0. The molecule has 0 aliphatic heterocycles. The number of fused-ring (bicyclic) bond motifs is 1. The second-order valence-electron chi connectivity index (χ2n) is 6.70. The fourth-order valence-corrected chi connectivity index (χ4v) is 3.38. The fourth-order valence-electron chi connectivity index (χ4n) is 3.38. The van der Waals surface area contributed by atoms with E-state index in [4.69, 9.17) is 0 Å². The van der Waals surface area contributed by atoms with Crippen molar-refractivity contribution in [3.8, 4) is 0 Å². The van der Waals surface area contributed by atoms with E-state index >= 15 is 0 Å². The Hall–Kier alpha value is -2.50. The first-order chi connectivity index (χ1) is 11.7. The Morgan fingerprint density at radius 3 is 2.88 bits per heavy atom. The molecule has 1 atom stereocenters. The Balaban J connectivity index is 1.50. The molecule has 1 N–H and O–H groups in total. The van der Waals surface area contributed by atoms with Gasteiger partial charge in [0.1, 0.15) is 5.69 Å². The zero-order chi connectivity index (χ0) is 16.5. The zero-order valence-corrected chi connectivity index (χ0v) is 13.4. The molecule has 1 saturated carbocycles. The number of nitrogens with one attached hydrogen (secondary N) is 1. The number of hydrogen-bond acceptors (Lipinski definition) is 4. The number of rotatable bonds is 4. The van der Waals surface area contributed by atoms with Crippen LogP contribution in [0, 0.1) is 5.92 Å². The Morgan fingerprint density at radius 2 is 2.12 bits per heavy atom. The number of carbonyl (C=O) groups is 1. The number of pyridine rings is 1. The van der Waals surface area contributed by atoms with E-state index < -0.39 is 0 Å². The van der Waals surface area contributed by atoms with E-state index in [1.54, 1.807) is 12.3 Å². The van der Waals surface area contributed by atoms with E-state index in [1.165, 1.54) is 30.8 Å². The van der Waals surface area contributed by atoms with Crippen LogP contribution in [0.1, 0.15) is 41.0 Å². The molecule has 0 bridgehead atoms. The van der Waals surface area contributed by atoms with Crippen LogP contribution in [0.4, 0.5) is 0 Å². The standard InChI is InChI=1S/C18H20N4O2/c23-17-6-3-13-9-14(21-18(24)15-10-19-7-8-20-15)4-5-16(13)22(17)11-12-1-2-12/h3,6-8,10,12,14H,1-2,4-5,9,11H2,(H,21,24). The summed E-state index contributed by atoms with van der Waals surface area (Å²) in [5.41, 5.74) is 2.76. The lowest BCUT2D eigenvalue weighted by molar-refractivity contribution is 0.0928. The molecule has 0 saturated heterocycles. The molecule has 2 aromatic rings. The SMILES string of the molecule is O=C(NC1CCc2c(ccc(=O)n2CC2CC2)C1)c1cnccn1. The first-order valence-corrected chi connectivity index (χ1v) is 8.49. The molecule has 24 heavy (non-hydrogen) atoms. The van der Waals surface area contributed by atoms with Gasteiger partial charge >= 0.3 is 0 Å². The molecule has 2 aliphatic carbocycles. The minimum absolute atomic E-state index is 0.0684. The minimum Gasteiger partial charge on any atom is -0.348 e. The average molecular weight is 324 g/mol. The van der Waals surface area contributed by atoms with Crippen molar-refractivity contribution >= 4 is 5.91 Å². The molecule has 2 aliphatic rings. The number of aromatic nitrogens is 3. The molecule has 1 unspecified atom stereocenters. The van der Waals surface area contributed by atoms with Crippen LogP contribution in [-0.2, 0) is 19.4 Å². The summed E-state index contributed by atoms with van der Waals surface area (Å²) in [5, 5.41) is 3.03. The van der Waals surface area contributed by atoms with E-state index in [1.807, 2.05) is 10.6 Å². The predicted molar refractivity (Wildman–Crippen MR) is 88.7 cm³/mol. The van der Waals surface area contributed by atoms with E-state index in [9.17, 15) is 9.59 Å². The molecule has 124 valence electrons. The molecule has 6 heteroatoms. The Labute approximate surface area is 140 Å². The number of hydrogen-bond donors (Lipinski definition) is 1. The lowest BCUT2D eigenvalue weighted by Gasteiger charge is -2.27. The highest BCUT2D eigenvalue weighted by Crippen LogP contribution is 2.31. The maximum absolute atomic E-state index is 12.2. The highest BCUT2D eigenvalue weighted by Gasteiger charge is 2.27. The van der Waals surface area contributed by atoms with Crippen molar-refractivity contribution in [3.05, 3.63) is 58.0 Å². The van der Waals surface area contributed by atoms with E-state index in [-0.39, 0.29) is 17.5 Å². The monoisotopic (exact) mass is 324 g/mol. The third-order valence-electron chi connectivity index (χ3n) is 4.85. The summed E-state index contributed by atoms with van der Waals surface area (Å²) >= 11 is 0. The van der Waals surface area contributed by atoms with Gasteiger partial charge in [-0.15, -0.1) is 0 Å². The summed E-state index contributed by atoms with van der Waals surface area (Å²) in [6, 6.07) is 3.65. The van der Waals surface area contributed by atoms with Gasteiger partial charge in [-0.05, 0) is 43.6 Å². The van der Waals surface area contributed by atoms with Crippen molar-refractivity contribution in [2.45, 2.75) is 44.7 Å². The first-order valence-electron chi connectivity index (χ1n) is 8.49. The van der Waals surface area contributed by atoms with Crippen LogP contribution in [0.25, 0.3) is 0 Å². The van der Waals surface area contributed by atoms with Gasteiger partial charge in [0.25, 0.3) is 11.5 Å². The van der Waals surface area contributed by atoms with Crippen LogP contribution < -0.4 is 10.9 Å². The van der Waals surface area contributed by atoms with Crippen molar-refractivity contribution in [1.82, 2.24) is 19.9 Å². The molecule has 1 fully saturated rings. The maximum atomic E-state index is 12.2. The average Bonchev–Trinajstić information content (AvgIpc) is 3.42. The van der Waals surface area contributed by atoms with Gasteiger partial charge in [-0.1, -0.05) is 6.07 Å². The molecule has 0 aromatic carbocycles. The van der Waals surface area contributed by atoms with Crippen molar-refractivity contribution in [2.24, 2.45) is 5.92 Å². The predicted octanol–water partition coefficient (Wildman–Crippen LogP) is 1.34. The molecule has 2 aromatic heterocycles. The maximum Gasteiger partial charge on any atom is 0.271 e. The smallest absolute Gasteiger partial charge is 0.271 e. The van der Waals surface area contributed by atoms with Crippen LogP contribution in [0.2, 0.25) is 0 Å². The molecule has 2 heterocycles. The van der Waals surface area contributed by atoms with Crippen LogP contribution in [0.5, 0.6) is 0 Å². The Morgan fingerprint density at radius 1 is 1.25 bits per heavy atom. The summed E-state index contributed by atoms with van der Waals surface area (Å²) in [6.45, 7) is 0.846. The van der Waals surface area contributed by atoms with Crippen molar-refractivity contribution in [2.75, 3.05) is 0 Å². The summed E-state index contributed by atoms with van der Waals surface area (Å²) in [6.07, 6.45) is 9.41. The molecule has 0 spiro atoms. The third kappa shape index (κ3) is 3.09. The van der Waals surface area contributed by atoms with Gasteiger partial charge in [0.2, 0.25) is 0 Å². The molecule has 4 rings (SSSR count). The number of amides is 1. The lowest BCUT2D eigenvalue weighted by atomic mass is 9.91. The summed E-state index contributed by atoms with van der Waals surface area (Å²) < 4.78 is 1.95. The normalized spacial score (nSPS) is 19.6. The second kappa shape index (κ2) is 6.19. The summed E-state index contributed by atoms with van der Waals surface area (Å²) in [4.78, 5) is 32.4. The van der Waals surface area contributed by atoms with E-state index in [0.717, 1.165) is 31.5 Å². The van der Waals surface area contributed by atoms with Crippen LogP contribution >= 0.6 is 0 Å². The van der Waals surface area contributed by atoms with Crippen molar-refractivity contribution in [3.63, 3.8) is 0 Å².